The summed E-state index contributed by atoms with van der Waals surface area (Å²) < 4.78 is 27.1. The summed E-state index contributed by atoms with van der Waals surface area (Å²) in [5.74, 6) is -1.22. The largest absolute Gasteiger partial charge is 0.478 e. The van der Waals surface area contributed by atoms with Gasteiger partial charge in [-0.05, 0) is 29.5 Å². The van der Waals surface area contributed by atoms with Crippen molar-refractivity contribution in [2.24, 2.45) is 11.3 Å². The zero-order valence-electron chi connectivity index (χ0n) is 12.7. The van der Waals surface area contributed by atoms with Crippen molar-refractivity contribution in [1.82, 2.24) is 4.72 Å². The molecule has 0 spiro atoms. The minimum Gasteiger partial charge on any atom is -0.478 e. The third-order valence-electron chi connectivity index (χ3n) is 3.58. The van der Waals surface area contributed by atoms with Crippen LogP contribution in [-0.2, 0) is 10.0 Å². The topological polar surface area (TPSA) is 109 Å². The molecule has 1 unspecified atom stereocenters. The molecule has 0 aliphatic rings. The standard InChI is InChI=1S/C14H22N2O4S/c1-9(14(2,3)4)8-16-21(19,20)12-7-10(15)5-6-11(12)13(17)18/h5-7,9,16H,8,15H2,1-4H3,(H,17,18). The SMILES string of the molecule is CC(CNS(=O)(=O)c1cc(N)ccc1C(=O)O)C(C)(C)C. The lowest BCUT2D eigenvalue weighted by Crippen LogP contribution is -2.34. The van der Waals surface area contributed by atoms with Gasteiger partial charge in [0.05, 0.1) is 10.5 Å². The summed E-state index contributed by atoms with van der Waals surface area (Å²) >= 11 is 0. The van der Waals surface area contributed by atoms with E-state index in [-0.39, 0.29) is 34.0 Å². The Bertz CT molecular complexity index is 633. The summed E-state index contributed by atoms with van der Waals surface area (Å²) in [7, 11) is -3.92. The van der Waals surface area contributed by atoms with Gasteiger partial charge in [0.15, 0.2) is 0 Å². The number of aromatic carboxylic acids is 1. The molecule has 0 saturated heterocycles. The first-order valence-corrected chi connectivity index (χ1v) is 8.06. The van der Waals surface area contributed by atoms with E-state index in [2.05, 4.69) is 4.72 Å². The molecule has 1 aromatic rings. The van der Waals surface area contributed by atoms with E-state index >= 15 is 0 Å². The quantitative estimate of drug-likeness (QED) is 0.719. The molecule has 21 heavy (non-hydrogen) atoms. The summed E-state index contributed by atoms with van der Waals surface area (Å²) in [4.78, 5) is 10.8. The zero-order valence-corrected chi connectivity index (χ0v) is 13.5. The highest BCUT2D eigenvalue weighted by Crippen LogP contribution is 2.25. The Morgan fingerprint density at radius 1 is 1.38 bits per heavy atom. The Hall–Kier alpha value is -1.60. The fraction of sp³-hybridized carbons (Fsp3) is 0.500. The molecule has 0 amide bonds. The van der Waals surface area contributed by atoms with Crippen LogP contribution in [-0.4, -0.2) is 26.0 Å². The van der Waals surface area contributed by atoms with E-state index in [9.17, 15) is 13.2 Å². The fourth-order valence-electron chi connectivity index (χ4n) is 1.56. The number of sulfonamides is 1. The van der Waals surface area contributed by atoms with E-state index in [1.165, 1.54) is 12.1 Å². The van der Waals surface area contributed by atoms with Crippen molar-refractivity contribution in [3.8, 4) is 0 Å². The molecular formula is C14H22N2O4S. The molecule has 4 N–H and O–H groups in total. The maximum Gasteiger partial charge on any atom is 0.337 e. The van der Waals surface area contributed by atoms with Gasteiger partial charge in [-0.3, -0.25) is 0 Å². The third-order valence-corrected chi connectivity index (χ3v) is 5.05. The lowest BCUT2D eigenvalue weighted by molar-refractivity contribution is 0.0692. The first-order valence-electron chi connectivity index (χ1n) is 6.57. The maximum atomic E-state index is 12.3. The van der Waals surface area contributed by atoms with E-state index < -0.39 is 16.0 Å². The highest BCUT2D eigenvalue weighted by Gasteiger charge is 2.26. The van der Waals surface area contributed by atoms with Gasteiger partial charge in [-0.1, -0.05) is 27.7 Å². The first kappa shape index (κ1) is 17.5. The van der Waals surface area contributed by atoms with Gasteiger partial charge in [-0.25, -0.2) is 17.9 Å². The van der Waals surface area contributed by atoms with Crippen LogP contribution >= 0.6 is 0 Å². The van der Waals surface area contributed by atoms with Gasteiger partial charge in [0.25, 0.3) is 0 Å². The van der Waals surface area contributed by atoms with Gasteiger partial charge >= 0.3 is 5.97 Å². The molecule has 0 fully saturated rings. The number of nitrogens with two attached hydrogens (primary N) is 1. The molecule has 6 nitrogen and oxygen atoms in total. The Labute approximate surface area is 125 Å². The summed E-state index contributed by atoms with van der Waals surface area (Å²) in [6.45, 7) is 8.18. The van der Waals surface area contributed by atoms with Crippen molar-refractivity contribution in [2.75, 3.05) is 12.3 Å². The lowest BCUT2D eigenvalue weighted by atomic mass is 9.82. The molecule has 0 aliphatic carbocycles. The second-order valence-electron chi connectivity index (χ2n) is 6.18. The van der Waals surface area contributed by atoms with Crippen LogP contribution in [0.5, 0.6) is 0 Å². The molecule has 0 aromatic heterocycles. The second-order valence-corrected chi connectivity index (χ2v) is 7.92. The smallest absolute Gasteiger partial charge is 0.337 e. The number of hydrogen-bond acceptors (Lipinski definition) is 4. The second kappa shape index (κ2) is 6.03. The molecular weight excluding hydrogens is 292 g/mol. The molecule has 7 heteroatoms. The van der Waals surface area contributed by atoms with E-state index in [0.717, 1.165) is 6.07 Å². The predicted molar refractivity (Wildman–Crippen MR) is 81.6 cm³/mol. The summed E-state index contributed by atoms with van der Waals surface area (Å²) in [5.41, 5.74) is 5.41. The van der Waals surface area contributed by atoms with E-state index in [0.29, 0.717) is 0 Å². The average molecular weight is 314 g/mol. The predicted octanol–water partition coefficient (Wildman–Crippen LogP) is 1.93. The van der Waals surface area contributed by atoms with Crippen molar-refractivity contribution in [3.05, 3.63) is 23.8 Å². The number of hydrogen-bond donors (Lipinski definition) is 3. The van der Waals surface area contributed by atoms with Gasteiger partial charge in [-0.2, -0.15) is 0 Å². The average Bonchev–Trinajstić information content (AvgIpc) is 2.34. The highest BCUT2D eigenvalue weighted by atomic mass is 32.2. The number of carbonyl (C=O) groups is 1. The van der Waals surface area contributed by atoms with Crippen LogP contribution in [0.4, 0.5) is 5.69 Å². The van der Waals surface area contributed by atoms with Crippen LogP contribution in [0.25, 0.3) is 0 Å². The number of rotatable bonds is 5. The van der Waals surface area contributed by atoms with Crippen LogP contribution in [0.3, 0.4) is 0 Å². The Balaban J connectivity index is 3.09. The highest BCUT2D eigenvalue weighted by molar-refractivity contribution is 7.89. The van der Waals surface area contributed by atoms with Crippen LogP contribution in [0, 0.1) is 11.3 Å². The number of anilines is 1. The molecule has 1 aromatic carbocycles. The minimum atomic E-state index is -3.92. The molecule has 1 atom stereocenters. The van der Waals surface area contributed by atoms with Gasteiger partial charge in [0.1, 0.15) is 0 Å². The Morgan fingerprint density at radius 2 is 1.95 bits per heavy atom. The number of carboxylic acids is 1. The van der Waals surface area contributed by atoms with E-state index in [4.69, 9.17) is 10.8 Å². The number of benzene rings is 1. The maximum absolute atomic E-state index is 12.3. The van der Waals surface area contributed by atoms with Crippen molar-refractivity contribution >= 4 is 21.7 Å². The lowest BCUT2D eigenvalue weighted by Gasteiger charge is -2.27. The fourth-order valence-corrected chi connectivity index (χ4v) is 2.92. The number of carboxylic acid groups (broad SMARTS) is 1. The van der Waals surface area contributed by atoms with E-state index in [1.54, 1.807) is 0 Å². The van der Waals surface area contributed by atoms with E-state index in [1.807, 2.05) is 27.7 Å². The normalized spacial score (nSPS) is 13.9. The monoisotopic (exact) mass is 314 g/mol. The van der Waals surface area contributed by atoms with Crippen molar-refractivity contribution < 1.29 is 18.3 Å². The van der Waals surface area contributed by atoms with Gasteiger partial charge in [0.2, 0.25) is 10.0 Å². The molecule has 0 saturated carbocycles. The van der Waals surface area contributed by atoms with Crippen LogP contribution in [0.1, 0.15) is 38.1 Å². The van der Waals surface area contributed by atoms with Gasteiger partial charge in [-0.15, -0.1) is 0 Å². The van der Waals surface area contributed by atoms with Crippen molar-refractivity contribution in [3.63, 3.8) is 0 Å². The molecule has 0 heterocycles. The Kier molecular flexibility index (Phi) is 5.01. The van der Waals surface area contributed by atoms with Gasteiger partial charge in [0, 0.05) is 12.2 Å². The Morgan fingerprint density at radius 3 is 2.43 bits per heavy atom. The summed E-state index contributed by atoms with van der Waals surface area (Å²) in [6, 6.07) is 3.72. The summed E-state index contributed by atoms with van der Waals surface area (Å²) in [5, 5.41) is 9.09. The van der Waals surface area contributed by atoms with Crippen molar-refractivity contribution in [2.45, 2.75) is 32.6 Å². The molecule has 0 aliphatic heterocycles. The number of nitrogen functional groups attached to an aromatic ring is 1. The van der Waals surface area contributed by atoms with Crippen LogP contribution in [0.2, 0.25) is 0 Å². The number of nitrogens with one attached hydrogen (secondary N) is 1. The first-order chi connectivity index (χ1) is 9.45. The zero-order chi connectivity index (χ0) is 16.4. The summed E-state index contributed by atoms with van der Waals surface area (Å²) in [6.07, 6.45) is 0. The van der Waals surface area contributed by atoms with Gasteiger partial charge < -0.3 is 10.8 Å². The minimum absolute atomic E-state index is 0.0616. The van der Waals surface area contributed by atoms with Crippen LogP contribution < -0.4 is 10.5 Å². The third kappa shape index (κ3) is 4.44. The molecule has 1 rings (SSSR count). The molecule has 0 radical (unpaired) electrons. The molecule has 0 bridgehead atoms. The van der Waals surface area contributed by atoms with Crippen LogP contribution in [0.15, 0.2) is 23.1 Å². The molecule has 118 valence electrons. The van der Waals surface area contributed by atoms with Crippen molar-refractivity contribution in [1.29, 1.82) is 0 Å².